The number of nitriles is 1. The molecule has 0 aromatic heterocycles. The summed E-state index contributed by atoms with van der Waals surface area (Å²) >= 11 is 0. The van der Waals surface area contributed by atoms with Crippen molar-refractivity contribution in [2.75, 3.05) is 18.5 Å². The monoisotopic (exact) mass is 332 g/mol. The highest BCUT2D eigenvalue weighted by Gasteiger charge is 2.35. The molecule has 1 rings (SSSR count). The van der Waals surface area contributed by atoms with Crippen LogP contribution in [-0.4, -0.2) is 24.7 Å². The van der Waals surface area contributed by atoms with Gasteiger partial charge in [-0.2, -0.15) is 5.26 Å². The van der Waals surface area contributed by atoms with Crippen LogP contribution >= 0.6 is 0 Å². The van der Waals surface area contributed by atoms with Gasteiger partial charge in [0.15, 0.2) is 0 Å². The van der Waals surface area contributed by atoms with Crippen LogP contribution in [-0.2, 0) is 9.53 Å². The van der Waals surface area contributed by atoms with E-state index in [1.165, 1.54) is 0 Å². The zero-order valence-corrected chi connectivity index (χ0v) is 15.3. The molecule has 0 aliphatic rings. The van der Waals surface area contributed by atoms with Crippen LogP contribution < -0.4 is 10.1 Å². The molecule has 1 amide bonds. The second-order valence-electron chi connectivity index (χ2n) is 6.39. The minimum Gasteiger partial charge on any atom is -0.492 e. The van der Waals surface area contributed by atoms with Gasteiger partial charge in [-0.15, -0.1) is 0 Å². The summed E-state index contributed by atoms with van der Waals surface area (Å²) in [5.74, 6) is 0.649. The highest BCUT2D eigenvalue weighted by Crippen LogP contribution is 2.26. The topological polar surface area (TPSA) is 71.3 Å². The van der Waals surface area contributed by atoms with Gasteiger partial charge in [-0.3, -0.25) is 4.79 Å². The molecule has 0 saturated heterocycles. The smallest absolute Gasteiger partial charge is 0.256 e. The van der Waals surface area contributed by atoms with E-state index in [1.54, 1.807) is 18.2 Å². The van der Waals surface area contributed by atoms with Crippen LogP contribution in [0.4, 0.5) is 5.69 Å². The Balaban J connectivity index is 2.96. The molecule has 1 aromatic rings. The molecule has 0 spiro atoms. The fraction of sp³-hybridized carbons (Fsp3) is 0.579. The zero-order valence-electron chi connectivity index (χ0n) is 15.3. The number of nitrogens with zero attached hydrogens (tertiary/aromatic N) is 1. The highest BCUT2D eigenvalue weighted by molar-refractivity contribution is 5.97. The number of anilines is 1. The number of rotatable bonds is 9. The summed E-state index contributed by atoms with van der Waals surface area (Å²) in [6.07, 6.45) is 1.48. The molecule has 0 heterocycles. The Morgan fingerprint density at radius 1 is 1.38 bits per heavy atom. The Kier molecular flexibility index (Phi) is 7.73. The van der Waals surface area contributed by atoms with E-state index in [0.29, 0.717) is 42.6 Å². The van der Waals surface area contributed by atoms with E-state index in [9.17, 15) is 10.1 Å². The molecule has 1 unspecified atom stereocenters. The van der Waals surface area contributed by atoms with Gasteiger partial charge in [0.2, 0.25) is 0 Å². The highest BCUT2D eigenvalue weighted by atomic mass is 16.5. The second-order valence-corrected chi connectivity index (χ2v) is 6.39. The summed E-state index contributed by atoms with van der Waals surface area (Å²) in [5, 5.41) is 12.1. The predicted octanol–water partition coefficient (Wildman–Crippen LogP) is 4.13. The number of carbonyl (C=O) groups is 1. The molecule has 0 fully saturated rings. The van der Waals surface area contributed by atoms with E-state index >= 15 is 0 Å². The summed E-state index contributed by atoms with van der Waals surface area (Å²) in [4.78, 5) is 12.7. The third kappa shape index (κ3) is 5.54. The lowest BCUT2D eigenvalue weighted by Crippen LogP contribution is -2.44. The van der Waals surface area contributed by atoms with Gasteiger partial charge in [0.05, 0.1) is 12.2 Å². The Bertz CT molecular complexity index is 593. The number of benzene rings is 1. The fourth-order valence-electron chi connectivity index (χ4n) is 2.56. The van der Waals surface area contributed by atoms with Gasteiger partial charge in [-0.1, -0.05) is 20.8 Å². The van der Waals surface area contributed by atoms with Crippen LogP contribution in [0.5, 0.6) is 5.75 Å². The molecule has 5 nitrogen and oxygen atoms in total. The third-order valence-corrected chi connectivity index (χ3v) is 3.56. The summed E-state index contributed by atoms with van der Waals surface area (Å²) in [6.45, 7) is 10.8. The van der Waals surface area contributed by atoms with Gasteiger partial charge >= 0.3 is 0 Å². The van der Waals surface area contributed by atoms with Crippen molar-refractivity contribution in [2.45, 2.75) is 53.1 Å². The SMILES string of the molecule is CCCOC(C)(CC(C)C)C(=O)Nc1ccc(OCC)c(C#N)c1. The Labute approximate surface area is 145 Å². The van der Waals surface area contributed by atoms with Gasteiger partial charge < -0.3 is 14.8 Å². The number of hydrogen-bond donors (Lipinski definition) is 1. The maximum atomic E-state index is 12.7. The van der Waals surface area contributed by atoms with E-state index < -0.39 is 5.60 Å². The number of ether oxygens (including phenoxy) is 2. The van der Waals surface area contributed by atoms with E-state index in [4.69, 9.17) is 9.47 Å². The van der Waals surface area contributed by atoms with Gasteiger partial charge in [0.1, 0.15) is 17.4 Å². The molecule has 0 aliphatic heterocycles. The summed E-state index contributed by atoms with van der Waals surface area (Å²) in [7, 11) is 0. The maximum Gasteiger partial charge on any atom is 0.256 e. The van der Waals surface area contributed by atoms with Gasteiger partial charge in [0.25, 0.3) is 5.91 Å². The van der Waals surface area contributed by atoms with Crippen LogP contribution in [0.3, 0.4) is 0 Å². The minimum atomic E-state index is -0.893. The van der Waals surface area contributed by atoms with Crippen LogP contribution in [0, 0.1) is 17.2 Å². The largest absolute Gasteiger partial charge is 0.492 e. The molecular weight excluding hydrogens is 304 g/mol. The molecule has 0 bridgehead atoms. The molecule has 5 heteroatoms. The van der Waals surface area contributed by atoms with Gasteiger partial charge in [-0.05, 0) is 50.8 Å². The first-order valence-corrected chi connectivity index (χ1v) is 8.48. The van der Waals surface area contributed by atoms with Crippen LogP contribution in [0.25, 0.3) is 0 Å². The zero-order chi connectivity index (χ0) is 18.2. The predicted molar refractivity (Wildman–Crippen MR) is 95.1 cm³/mol. The van der Waals surface area contributed by atoms with Crippen molar-refractivity contribution in [3.05, 3.63) is 23.8 Å². The first-order valence-electron chi connectivity index (χ1n) is 8.48. The average Bonchev–Trinajstić information content (AvgIpc) is 2.53. The standard InChI is InChI=1S/C19H28N2O3/c1-6-10-24-19(5,12-14(3)4)18(22)21-16-8-9-17(23-7-2)15(11-16)13-20/h8-9,11,14H,6-7,10,12H2,1-5H3,(H,21,22). The average molecular weight is 332 g/mol. The first-order chi connectivity index (χ1) is 11.4. The first kappa shape index (κ1) is 20.0. The van der Waals surface area contributed by atoms with Crippen molar-refractivity contribution >= 4 is 11.6 Å². The van der Waals surface area contributed by atoms with E-state index in [0.717, 1.165) is 6.42 Å². The van der Waals surface area contributed by atoms with E-state index in [1.807, 2.05) is 20.8 Å². The van der Waals surface area contributed by atoms with Crippen molar-refractivity contribution < 1.29 is 14.3 Å². The molecule has 0 aliphatic carbocycles. The molecule has 1 atom stereocenters. The second kappa shape index (κ2) is 9.29. The molecule has 1 N–H and O–H groups in total. The van der Waals surface area contributed by atoms with Crippen molar-refractivity contribution in [3.63, 3.8) is 0 Å². The van der Waals surface area contributed by atoms with Crippen molar-refractivity contribution in [3.8, 4) is 11.8 Å². The quantitative estimate of drug-likeness (QED) is 0.738. The molecule has 0 saturated carbocycles. The van der Waals surface area contributed by atoms with Crippen LogP contribution in [0.2, 0.25) is 0 Å². The minimum absolute atomic E-state index is 0.197. The number of nitrogens with one attached hydrogen (secondary N) is 1. The molecule has 1 aromatic carbocycles. The Morgan fingerprint density at radius 2 is 2.08 bits per heavy atom. The van der Waals surface area contributed by atoms with Crippen LogP contribution in [0.15, 0.2) is 18.2 Å². The fourth-order valence-corrected chi connectivity index (χ4v) is 2.56. The summed E-state index contributed by atoms with van der Waals surface area (Å²) in [6, 6.07) is 7.15. The Morgan fingerprint density at radius 3 is 2.62 bits per heavy atom. The number of amides is 1. The summed E-state index contributed by atoms with van der Waals surface area (Å²) in [5.41, 5.74) is 0.0695. The van der Waals surface area contributed by atoms with Crippen LogP contribution in [0.1, 0.15) is 53.0 Å². The van der Waals surface area contributed by atoms with Crippen molar-refractivity contribution in [1.29, 1.82) is 5.26 Å². The summed E-state index contributed by atoms with van der Waals surface area (Å²) < 4.78 is 11.2. The van der Waals surface area contributed by atoms with E-state index in [2.05, 4.69) is 25.2 Å². The third-order valence-electron chi connectivity index (χ3n) is 3.56. The lowest BCUT2D eigenvalue weighted by molar-refractivity contribution is -0.141. The van der Waals surface area contributed by atoms with Gasteiger partial charge in [-0.25, -0.2) is 0 Å². The van der Waals surface area contributed by atoms with Crippen molar-refractivity contribution in [1.82, 2.24) is 0 Å². The molecule has 0 radical (unpaired) electrons. The lowest BCUT2D eigenvalue weighted by Gasteiger charge is -2.30. The van der Waals surface area contributed by atoms with E-state index in [-0.39, 0.29) is 5.91 Å². The number of hydrogen-bond acceptors (Lipinski definition) is 4. The van der Waals surface area contributed by atoms with Crippen molar-refractivity contribution in [2.24, 2.45) is 5.92 Å². The normalized spacial score (nSPS) is 13.2. The lowest BCUT2D eigenvalue weighted by atomic mass is 9.93. The molecular formula is C19H28N2O3. The molecule has 24 heavy (non-hydrogen) atoms. The maximum absolute atomic E-state index is 12.7. The molecule has 132 valence electrons. The van der Waals surface area contributed by atoms with Gasteiger partial charge in [0, 0.05) is 12.3 Å². The number of carbonyl (C=O) groups excluding carboxylic acids is 1. The Hall–Kier alpha value is -2.06.